The molecule has 0 aromatic carbocycles. The van der Waals surface area contributed by atoms with E-state index in [0.717, 1.165) is 29.5 Å². The zero-order chi connectivity index (χ0) is 13.9. The highest BCUT2D eigenvalue weighted by Gasteiger charge is 2.49. The maximum Gasteiger partial charge on any atom is 0.138 e. The molecule has 4 bridgehead atoms. The molecule has 4 nitrogen and oxygen atoms in total. The molecule has 1 unspecified atom stereocenters. The molecule has 0 radical (unpaired) electrons. The van der Waals surface area contributed by atoms with E-state index in [1.165, 1.54) is 37.8 Å². The Labute approximate surface area is 120 Å². The van der Waals surface area contributed by atoms with Crippen LogP contribution in [0.4, 0.5) is 0 Å². The van der Waals surface area contributed by atoms with Gasteiger partial charge in [0.1, 0.15) is 11.9 Å². The van der Waals surface area contributed by atoms with Crippen molar-refractivity contribution in [1.82, 2.24) is 9.55 Å². The van der Waals surface area contributed by atoms with Crippen LogP contribution in [0.25, 0.3) is 0 Å². The van der Waals surface area contributed by atoms with Gasteiger partial charge in [-0.2, -0.15) is 0 Å². The third kappa shape index (κ3) is 1.77. The summed E-state index contributed by atoms with van der Waals surface area (Å²) in [5.74, 6) is 5.09. The van der Waals surface area contributed by atoms with Crippen molar-refractivity contribution < 1.29 is 5.11 Å². The average molecular weight is 275 g/mol. The number of aliphatic hydroxyl groups is 1. The normalized spacial score (nSPS) is 40.2. The van der Waals surface area contributed by atoms with Gasteiger partial charge in [-0.3, -0.25) is 0 Å². The molecule has 1 atom stereocenters. The number of nitrogens with zero attached hydrogens (tertiary/aromatic N) is 2. The Morgan fingerprint density at radius 1 is 1.25 bits per heavy atom. The van der Waals surface area contributed by atoms with Crippen LogP contribution in [0, 0.1) is 23.7 Å². The van der Waals surface area contributed by atoms with Crippen LogP contribution < -0.4 is 5.73 Å². The van der Waals surface area contributed by atoms with Crippen molar-refractivity contribution in [3.8, 4) is 0 Å². The van der Waals surface area contributed by atoms with Crippen LogP contribution in [0.15, 0.2) is 6.20 Å². The fourth-order valence-corrected chi connectivity index (χ4v) is 5.57. The predicted octanol–water partition coefficient (Wildman–Crippen LogP) is 1.95. The number of imidazole rings is 1. The van der Waals surface area contributed by atoms with E-state index in [0.29, 0.717) is 5.92 Å². The molecule has 3 N–H and O–H groups in total. The topological polar surface area (TPSA) is 64.1 Å². The van der Waals surface area contributed by atoms with Gasteiger partial charge in [0.15, 0.2) is 0 Å². The second kappa shape index (κ2) is 4.57. The molecule has 0 spiro atoms. The molecule has 1 heterocycles. The molecule has 20 heavy (non-hydrogen) atoms. The van der Waals surface area contributed by atoms with Crippen LogP contribution in [0.1, 0.15) is 55.6 Å². The minimum Gasteiger partial charge on any atom is -0.384 e. The quantitative estimate of drug-likeness (QED) is 0.886. The largest absolute Gasteiger partial charge is 0.384 e. The van der Waals surface area contributed by atoms with Crippen molar-refractivity contribution in [3.63, 3.8) is 0 Å². The van der Waals surface area contributed by atoms with Gasteiger partial charge in [-0.05, 0) is 55.8 Å². The molecule has 4 fully saturated rings. The molecule has 0 saturated heterocycles. The number of aliphatic hydroxyl groups excluding tert-OH is 1. The van der Waals surface area contributed by atoms with Crippen molar-refractivity contribution in [2.24, 2.45) is 36.5 Å². The first-order valence-electron chi connectivity index (χ1n) is 8.07. The van der Waals surface area contributed by atoms with Crippen molar-refractivity contribution in [1.29, 1.82) is 0 Å². The van der Waals surface area contributed by atoms with Gasteiger partial charge in [0.05, 0.1) is 0 Å². The highest BCUT2D eigenvalue weighted by atomic mass is 16.3. The van der Waals surface area contributed by atoms with Gasteiger partial charge in [0.2, 0.25) is 0 Å². The Morgan fingerprint density at radius 2 is 1.85 bits per heavy atom. The molecule has 1 aromatic heterocycles. The lowest BCUT2D eigenvalue weighted by molar-refractivity contribution is -0.00523. The lowest BCUT2D eigenvalue weighted by Gasteiger charge is -2.54. The van der Waals surface area contributed by atoms with E-state index in [4.69, 9.17) is 5.73 Å². The van der Waals surface area contributed by atoms with E-state index < -0.39 is 6.10 Å². The molecule has 4 aliphatic carbocycles. The zero-order valence-corrected chi connectivity index (χ0v) is 12.2. The van der Waals surface area contributed by atoms with Crippen molar-refractivity contribution in [3.05, 3.63) is 17.7 Å². The van der Waals surface area contributed by atoms with Crippen LogP contribution in [-0.4, -0.2) is 21.2 Å². The molecule has 110 valence electrons. The SMILES string of the molecule is Cn1c(C2C3CC4CC(C3)CC2C4)cnc1C(O)CN. The first-order valence-corrected chi connectivity index (χ1v) is 8.07. The Morgan fingerprint density at radius 3 is 2.40 bits per heavy atom. The summed E-state index contributed by atoms with van der Waals surface area (Å²) < 4.78 is 2.12. The Bertz CT molecular complexity index is 482. The minimum absolute atomic E-state index is 0.242. The molecular formula is C16H25N3O. The fraction of sp³-hybridized carbons (Fsp3) is 0.812. The van der Waals surface area contributed by atoms with Crippen LogP contribution in [-0.2, 0) is 7.05 Å². The zero-order valence-electron chi connectivity index (χ0n) is 12.2. The van der Waals surface area contributed by atoms with Gasteiger partial charge in [-0.15, -0.1) is 0 Å². The van der Waals surface area contributed by atoms with Crippen LogP contribution in [0.3, 0.4) is 0 Å². The number of rotatable bonds is 3. The van der Waals surface area contributed by atoms with Gasteiger partial charge >= 0.3 is 0 Å². The highest BCUT2D eigenvalue weighted by molar-refractivity contribution is 5.19. The van der Waals surface area contributed by atoms with Crippen LogP contribution in [0.5, 0.6) is 0 Å². The van der Waals surface area contributed by atoms with Crippen molar-refractivity contribution in [2.75, 3.05) is 6.54 Å². The summed E-state index contributed by atoms with van der Waals surface area (Å²) in [6, 6.07) is 0. The molecule has 0 aliphatic heterocycles. The van der Waals surface area contributed by atoms with Gasteiger partial charge in [-0.1, -0.05) is 0 Å². The summed E-state index contributed by atoms with van der Waals surface area (Å²) in [4.78, 5) is 4.45. The summed E-state index contributed by atoms with van der Waals surface area (Å²) in [7, 11) is 2.04. The molecule has 5 rings (SSSR count). The minimum atomic E-state index is -0.634. The maximum absolute atomic E-state index is 9.97. The van der Waals surface area contributed by atoms with Gasteiger partial charge in [-0.25, -0.2) is 4.98 Å². The monoisotopic (exact) mass is 275 g/mol. The van der Waals surface area contributed by atoms with E-state index in [1.807, 2.05) is 13.2 Å². The number of aromatic nitrogens is 2. The first-order chi connectivity index (χ1) is 9.67. The summed E-state index contributed by atoms with van der Waals surface area (Å²) in [5, 5.41) is 9.97. The summed E-state index contributed by atoms with van der Waals surface area (Å²) >= 11 is 0. The van der Waals surface area contributed by atoms with E-state index in [9.17, 15) is 5.11 Å². The molecule has 4 saturated carbocycles. The van der Waals surface area contributed by atoms with Gasteiger partial charge in [0.25, 0.3) is 0 Å². The predicted molar refractivity (Wildman–Crippen MR) is 77.0 cm³/mol. The van der Waals surface area contributed by atoms with E-state index in [-0.39, 0.29) is 6.54 Å². The summed E-state index contributed by atoms with van der Waals surface area (Å²) in [6.45, 7) is 0.242. The third-order valence-electron chi connectivity index (χ3n) is 6.15. The summed E-state index contributed by atoms with van der Waals surface area (Å²) in [6.07, 6.45) is 8.51. The lowest BCUT2D eigenvalue weighted by atomic mass is 9.51. The van der Waals surface area contributed by atoms with Crippen molar-refractivity contribution >= 4 is 0 Å². The second-order valence-electron chi connectivity index (χ2n) is 7.31. The number of hydrogen-bond donors (Lipinski definition) is 2. The maximum atomic E-state index is 9.97. The first kappa shape index (κ1) is 12.8. The Balaban J connectivity index is 1.66. The van der Waals surface area contributed by atoms with E-state index >= 15 is 0 Å². The number of hydrogen-bond acceptors (Lipinski definition) is 3. The Hall–Kier alpha value is -0.870. The highest BCUT2D eigenvalue weighted by Crippen LogP contribution is 2.59. The molecule has 4 aliphatic rings. The molecular weight excluding hydrogens is 250 g/mol. The second-order valence-corrected chi connectivity index (χ2v) is 7.31. The molecule has 1 aromatic rings. The Kier molecular flexibility index (Phi) is 2.93. The van der Waals surface area contributed by atoms with E-state index in [1.54, 1.807) is 0 Å². The number of nitrogens with two attached hydrogens (primary N) is 1. The molecule has 4 heteroatoms. The standard InChI is InChI=1S/C16H25N3O/c1-19-13(8-18-16(19)14(20)7-17)15-11-3-9-2-10(5-11)6-12(15)4-9/h8-12,14-15,20H,2-7,17H2,1H3. The summed E-state index contributed by atoms with van der Waals surface area (Å²) in [5.41, 5.74) is 6.91. The van der Waals surface area contributed by atoms with Crippen molar-refractivity contribution in [2.45, 2.75) is 44.1 Å². The third-order valence-corrected chi connectivity index (χ3v) is 6.15. The fourth-order valence-electron chi connectivity index (χ4n) is 5.57. The van der Waals surface area contributed by atoms with Gasteiger partial charge in [0, 0.05) is 31.4 Å². The van der Waals surface area contributed by atoms with E-state index in [2.05, 4.69) is 9.55 Å². The smallest absolute Gasteiger partial charge is 0.138 e. The molecule has 0 amide bonds. The average Bonchev–Trinajstić information content (AvgIpc) is 2.79. The van der Waals surface area contributed by atoms with Crippen LogP contribution in [0.2, 0.25) is 0 Å². The van der Waals surface area contributed by atoms with Crippen LogP contribution >= 0.6 is 0 Å². The van der Waals surface area contributed by atoms with Gasteiger partial charge < -0.3 is 15.4 Å². The lowest BCUT2D eigenvalue weighted by Crippen LogP contribution is -2.44.